The molecule has 103 heavy (non-hydrogen) atoms. The van der Waals surface area contributed by atoms with E-state index in [1.165, 1.54) is 146 Å². The second-order valence-corrected chi connectivity index (χ2v) is 26.9. The molecular weight excluding hydrogens is 1330 g/mol. The van der Waals surface area contributed by atoms with E-state index in [9.17, 15) is 47.9 Å². The van der Waals surface area contributed by atoms with E-state index in [4.69, 9.17) is 37.9 Å². The zero-order valence-corrected chi connectivity index (χ0v) is 64.2. The molecule has 0 saturated carbocycles. The fraction of sp³-hybridized carbons (Fsp3) is 0.868. The monoisotopic (exact) mass is 1470 g/mol. The Balaban J connectivity index is 2.31. The predicted molar refractivity (Wildman–Crippen MR) is 398 cm³/mol. The lowest BCUT2D eigenvalue weighted by Gasteiger charge is -2.19. The normalized spacial score (nSPS) is 13.1. The fourth-order valence-electron chi connectivity index (χ4n) is 11.2. The van der Waals surface area contributed by atoms with Crippen molar-refractivity contribution in [3.63, 3.8) is 0 Å². The highest BCUT2D eigenvalue weighted by atomic mass is 16.6. The minimum atomic E-state index is -1.06. The number of carbonyl (C=O) groups is 10. The van der Waals surface area contributed by atoms with Gasteiger partial charge < -0.3 is 80.4 Å². The second-order valence-electron chi connectivity index (χ2n) is 26.9. The summed E-state index contributed by atoms with van der Waals surface area (Å²) >= 11 is 0. The van der Waals surface area contributed by atoms with Gasteiger partial charge in [-0.2, -0.15) is 0 Å². The van der Waals surface area contributed by atoms with Gasteiger partial charge in [-0.15, -0.1) is 0 Å². The molecule has 0 radical (unpaired) electrons. The van der Waals surface area contributed by atoms with Crippen LogP contribution in [0.5, 0.6) is 0 Å². The minimum absolute atomic E-state index is 0.0177. The molecule has 1 rings (SSSR count). The average Bonchev–Trinajstić information content (AvgIpc) is 1.69. The molecule has 0 aromatic heterocycles. The molecule has 1 aliphatic rings. The lowest BCUT2D eigenvalue weighted by Crippen LogP contribution is -2.48. The summed E-state index contributed by atoms with van der Waals surface area (Å²) in [6.45, 7) is 14.0. The highest BCUT2D eigenvalue weighted by Gasteiger charge is 2.40. The summed E-state index contributed by atoms with van der Waals surface area (Å²) in [6.07, 6.45) is 34.0. The van der Waals surface area contributed by atoms with E-state index in [2.05, 4.69) is 56.4 Å². The maximum absolute atomic E-state index is 13.4. The van der Waals surface area contributed by atoms with Crippen LogP contribution < -0.4 is 42.5 Å². The third-order valence-electron chi connectivity index (χ3n) is 17.5. The molecule has 1 saturated heterocycles. The maximum Gasteiger partial charge on any atom is 0.242 e. The van der Waals surface area contributed by atoms with Crippen molar-refractivity contribution in [3.05, 3.63) is 0 Å². The third kappa shape index (κ3) is 61.4. The average molecular weight is 1470 g/mol. The van der Waals surface area contributed by atoms with Crippen molar-refractivity contribution < 1.29 is 85.8 Å². The quantitative estimate of drug-likeness (QED) is 0.0213. The van der Waals surface area contributed by atoms with Gasteiger partial charge >= 0.3 is 0 Å². The van der Waals surface area contributed by atoms with E-state index in [0.717, 1.165) is 25.7 Å². The van der Waals surface area contributed by atoms with Gasteiger partial charge in [-0.1, -0.05) is 182 Å². The standard InChI is InChI=1S/C76H141N9O18/c1-5-7-9-11-13-15-17-19-21-23-25-27-29-31-67(86)77-40-51-99-53-42-81-71(90)36-47-96-50-39-79-69(88)34-33-66(84-73(92)38-49-98-57-59-102-61-62-103-60-58-101-55-44-80-70(89)35-46-85-74(93)63-65(64(3)4)76(85)95)75(94)83-45-56-97-48-37-72(91)82-43-54-100-52-41-78-68(87)32-30-28-26-24-22-20-18-16-14-12-10-8-6-2/h64-66H,5-63H2,1-4H3,(H,77,86)(H,78,87)(H,79,88)(H,80,89)(H,81,90)(H,82,91)(H,83,94)(H,84,92)/t65?,66-/m0/s1. The lowest BCUT2D eigenvalue weighted by atomic mass is 9.94. The summed E-state index contributed by atoms with van der Waals surface area (Å²) < 4.78 is 44.4. The van der Waals surface area contributed by atoms with Crippen LogP contribution in [0, 0.1) is 11.8 Å². The maximum atomic E-state index is 13.4. The number of carbonyl (C=O) groups excluding carboxylic acids is 10. The largest absolute Gasteiger partial charge is 0.379 e. The van der Waals surface area contributed by atoms with E-state index in [1.807, 2.05) is 13.8 Å². The number of ether oxygens (including phenoxy) is 8. The molecule has 2 atom stereocenters. The highest BCUT2D eigenvalue weighted by Crippen LogP contribution is 2.26. The molecule has 0 spiro atoms. The Morgan fingerprint density at radius 2 is 0.602 bits per heavy atom. The Bertz CT molecular complexity index is 2180. The summed E-state index contributed by atoms with van der Waals surface area (Å²) in [4.78, 5) is 126. The van der Waals surface area contributed by atoms with Gasteiger partial charge in [0.2, 0.25) is 59.1 Å². The SMILES string of the molecule is CCCCCCCCCCCCCCCC(=O)NCCOCCNC(=O)CCOCCNC(=O)CC[C@H](NC(=O)CCOCCOCCOCCOCCNC(=O)CCN1C(=O)CC(C(C)C)C1=O)C(=O)NCCOCCC(=O)NCCOCCNC(=O)CCCCCCCCCCCCCCC. The number of hydrogen-bond donors (Lipinski definition) is 8. The smallest absolute Gasteiger partial charge is 0.242 e. The molecular formula is C76H141N9O18. The first kappa shape index (κ1) is 95.6. The van der Waals surface area contributed by atoms with Gasteiger partial charge in [-0.3, -0.25) is 52.8 Å². The van der Waals surface area contributed by atoms with Crippen LogP contribution in [-0.2, 0) is 85.8 Å². The van der Waals surface area contributed by atoms with Crippen molar-refractivity contribution in [2.45, 2.75) is 258 Å². The zero-order chi connectivity index (χ0) is 75.1. The first-order chi connectivity index (χ1) is 50.2. The van der Waals surface area contributed by atoms with E-state index >= 15 is 0 Å². The van der Waals surface area contributed by atoms with E-state index in [0.29, 0.717) is 85.3 Å². The van der Waals surface area contributed by atoms with Crippen molar-refractivity contribution in [3.8, 4) is 0 Å². The van der Waals surface area contributed by atoms with Gasteiger partial charge in [0, 0.05) is 110 Å². The molecule has 8 N–H and O–H groups in total. The molecule has 1 unspecified atom stereocenters. The number of unbranched alkanes of at least 4 members (excludes halogenated alkanes) is 24. The Kier molecular flexibility index (Phi) is 65.8. The molecule has 1 aliphatic heterocycles. The van der Waals surface area contributed by atoms with Crippen molar-refractivity contribution in [2.24, 2.45) is 11.8 Å². The molecule has 27 nitrogen and oxygen atoms in total. The number of likely N-dealkylation sites (tertiary alicyclic amines) is 1. The van der Waals surface area contributed by atoms with Crippen LogP contribution in [0.2, 0.25) is 0 Å². The van der Waals surface area contributed by atoms with Crippen LogP contribution in [0.15, 0.2) is 0 Å². The molecule has 1 heterocycles. The van der Waals surface area contributed by atoms with E-state index in [-0.39, 0.29) is 190 Å². The Labute approximate surface area is 618 Å². The number of imide groups is 1. The molecule has 10 amide bonds. The summed E-state index contributed by atoms with van der Waals surface area (Å²) in [6, 6.07) is -1.06. The van der Waals surface area contributed by atoms with Crippen LogP contribution in [0.4, 0.5) is 0 Å². The number of hydrogen-bond acceptors (Lipinski definition) is 18. The van der Waals surface area contributed by atoms with Crippen molar-refractivity contribution in [2.75, 3.05) is 158 Å². The van der Waals surface area contributed by atoms with Crippen LogP contribution >= 0.6 is 0 Å². The fourth-order valence-corrected chi connectivity index (χ4v) is 11.2. The molecule has 0 aliphatic carbocycles. The highest BCUT2D eigenvalue weighted by molar-refractivity contribution is 6.04. The van der Waals surface area contributed by atoms with Gasteiger partial charge in [0.15, 0.2) is 0 Å². The molecule has 1 fully saturated rings. The minimum Gasteiger partial charge on any atom is -0.379 e. The summed E-state index contributed by atoms with van der Waals surface area (Å²) in [5.74, 6) is -2.76. The molecule has 0 aromatic rings. The van der Waals surface area contributed by atoms with E-state index < -0.39 is 17.9 Å². The lowest BCUT2D eigenvalue weighted by molar-refractivity contribution is -0.140. The van der Waals surface area contributed by atoms with Crippen LogP contribution in [0.3, 0.4) is 0 Å². The van der Waals surface area contributed by atoms with Gasteiger partial charge in [-0.05, 0) is 25.2 Å². The number of nitrogens with one attached hydrogen (secondary N) is 8. The number of nitrogens with zero attached hydrogens (tertiary/aromatic N) is 1. The number of rotatable bonds is 76. The summed E-state index contributed by atoms with van der Waals surface area (Å²) in [5.41, 5.74) is 0. The summed E-state index contributed by atoms with van der Waals surface area (Å²) in [7, 11) is 0. The van der Waals surface area contributed by atoms with Crippen LogP contribution in [0.1, 0.15) is 252 Å². The summed E-state index contributed by atoms with van der Waals surface area (Å²) in [5, 5.41) is 22.2. The molecule has 27 heteroatoms. The van der Waals surface area contributed by atoms with Crippen LogP contribution in [-0.4, -0.2) is 228 Å². The molecule has 0 aromatic carbocycles. The Hall–Kier alpha value is -5.42. The first-order valence-electron chi connectivity index (χ1n) is 39.8. The third-order valence-corrected chi connectivity index (χ3v) is 17.5. The number of amides is 10. The van der Waals surface area contributed by atoms with E-state index in [1.54, 1.807) is 0 Å². The van der Waals surface area contributed by atoms with Crippen LogP contribution in [0.25, 0.3) is 0 Å². The van der Waals surface area contributed by atoms with Gasteiger partial charge in [0.05, 0.1) is 106 Å². The topological polar surface area (TPSA) is 344 Å². The molecule has 598 valence electrons. The second kappa shape index (κ2) is 70.9. The van der Waals surface area contributed by atoms with Crippen molar-refractivity contribution in [1.29, 1.82) is 0 Å². The Morgan fingerprint density at radius 1 is 0.330 bits per heavy atom. The van der Waals surface area contributed by atoms with Crippen molar-refractivity contribution >= 4 is 59.1 Å². The first-order valence-corrected chi connectivity index (χ1v) is 39.8. The molecule has 0 bridgehead atoms. The van der Waals surface area contributed by atoms with Gasteiger partial charge in [-0.25, -0.2) is 0 Å². The van der Waals surface area contributed by atoms with Gasteiger partial charge in [0.25, 0.3) is 0 Å². The van der Waals surface area contributed by atoms with Crippen molar-refractivity contribution in [1.82, 2.24) is 47.4 Å². The zero-order valence-electron chi connectivity index (χ0n) is 64.2. The predicted octanol–water partition coefficient (Wildman–Crippen LogP) is 7.75. The van der Waals surface area contributed by atoms with Gasteiger partial charge in [0.1, 0.15) is 6.04 Å². The Morgan fingerprint density at radius 3 is 0.951 bits per heavy atom.